The normalized spacial score (nSPS) is 16.3. The van der Waals surface area contributed by atoms with Crippen molar-refractivity contribution in [3.8, 4) is 16.9 Å². The van der Waals surface area contributed by atoms with Crippen LogP contribution in [-0.4, -0.2) is 59.5 Å². The number of aliphatic hydroxyl groups is 2. The Balaban J connectivity index is 1.54. The molecule has 0 spiro atoms. The number of carbonyl (C=O) groups excluding carboxylic acids is 1. The zero-order valence-electron chi connectivity index (χ0n) is 17.4. The van der Waals surface area contributed by atoms with Gasteiger partial charge in [-0.1, -0.05) is 36.4 Å². The van der Waals surface area contributed by atoms with Crippen LogP contribution >= 0.6 is 0 Å². The first-order chi connectivity index (χ1) is 15.0. The molecular weight excluding hydrogens is 392 g/mol. The summed E-state index contributed by atoms with van der Waals surface area (Å²) in [5, 5.41) is 22.1. The quantitative estimate of drug-likeness (QED) is 0.546. The van der Waals surface area contributed by atoms with E-state index in [1.54, 1.807) is 12.1 Å². The molecule has 4 N–H and O–H groups in total. The third-order valence-corrected chi connectivity index (χ3v) is 5.76. The van der Waals surface area contributed by atoms with E-state index in [-0.39, 0.29) is 12.7 Å². The summed E-state index contributed by atoms with van der Waals surface area (Å²) in [5.74, 6) is 0.193. The first-order valence-corrected chi connectivity index (χ1v) is 10.6. The third-order valence-electron chi connectivity index (χ3n) is 5.76. The number of fused-ring (bicyclic) bond motifs is 1. The molecule has 1 aliphatic heterocycles. The number of ether oxygens (including phenoxy) is 1. The molecule has 162 valence electrons. The highest BCUT2D eigenvalue weighted by atomic mass is 16.5. The van der Waals surface area contributed by atoms with Crippen LogP contribution in [0.2, 0.25) is 0 Å². The van der Waals surface area contributed by atoms with Gasteiger partial charge in [-0.25, -0.2) is 0 Å². The SMILES string of the molecule is NC(=O)c1cccc(-c2cc(OCC(O)CN3CCC(O)CC3)cc3ccccc23)c1. The summed E-state index contributed by atoms with van der Waals surface area (Å²) in [5.41, 5.74) is 7.73. The van der Waals surface area contributed by atoms with E-state index in [0.29, 0.717) is 17.9 Å². The van der Waals surface area contributed by atoms with Crippen molar-refractivity contribution in [1.29, 1.82) is 0 Å². The third kappa shape index (κ3) is 5.22. The van der Waals surface area contributed by atoms with Crippen molar-refractivity contribution in [2.45, 2.75) is 25.0 Å². The number of rotatable bonds is 7. The number of β-amino-alcohol motifs (C(OH)–C–C–N with tert-alkyl or cyclic N) is 1. The highest BCUT2D eigenvalue weighted by Crippen LogP contribution is 2.33. The molecule has 0 saturated carbocycles. The minimum absolute atomic E-state index is 0.179. The second-order valence-corrected chi connectivity index (χ2v) is 8.13. The van der Waals surface area contributed by atoms with E-state index in [9.17, 15) is 15.0 Å². The summed E-state index contributed by atoms with van der Waals surface area (Å²) in [6, 6.07) is 19.1. The summed E-state index contributed by atoms with van der Waals surface area (Å²) in [6.45, 7) is 2.27. The smallest absolute Gasteiger partial charge is 0.248 e. The lowest BCUT2D eigenvalue weighted by Crippen LogP contribution is -2.41. The van der Waals surface area contributed by atoms with Crippen LogP contribution in [-0.2, 0) is 0 Å². The maximum Gasteiger partial charge on any atom is 0.248 e. The van der Waals surface area contributed by atoms with E-state index < -0.39 is 12.0 Å². The standard InChI is InChI=1S/C25H28N2O4/c26-25(30)19-6-3-5-17(12-19)24-14-22(13-18-4-1-2-7-23(18)24)31-16-21(29)15-27-10-8-20(28)9-11-27/h1-7,12-14,20-21,28-29H,8-11,15-16H2,(H2,26,30). The number of hydrogen-bond donors (Lipinski definition) is 3. The highest BCUT2D eigenvalue weighted by molar-refractivity contribution is 6.00. The Morgan fingerprint density at radius 3 is 2.65 bits per heavy atom. The molecule has 0 aliphatic carbocycles. The van der Waals surface area contributed by atoms with Crippen molar-refractivity contribution in [3.05, 3.63) is 66.2 Å². The molecule has 1 heterocycles. The number of nitrogens with two attached hydrogens (primary N) is 1. The Labute approximate surface area is 181 Å². The van der Waals surface area contributed by atoms with Gasteiger partial charge in [0.15, 0.2) is 0 Å². The summed E-state index contributed by atoms with van der Waals surface area (Å²) in [7, 11) is 0. The van der Waals surface area contributed by atoms with Crippen molar-refractivity contribution >= 4 is 16.7 Å². The fourth-order valence-electron chi connectivity index (χ4n) is 4.09. The van der Waals surface area contributed by atoms with Gasteiger partial charge < -0.3 is 25.6 Å². The van der Waals surface area contributed by atoms with Gasteiger partial charge in [-0.15, -0.1) is 0 Å². The lowest BCUT2D eigenvalue weighted by molar-refractivity contribution is 0.0338. The minimum Gasteiger partial charge on any atom is -0.491 e. The Bertz CT molecular complexity index is 1060. The number of hydrogen-bond acceptors (Lipinski definition) is 5. The number of nitrogens with zero attached hydrogens (tertiary/aromatic N) is 1. The predicted octanol–water partition coefficient (Wildman–Crippen LogP) is 2.80. The first kappa shape index (κ1) is 21.3. The molecule has 0 bridgehead atoms. The van der Waals surface area contributed by atoms with E-state index >= 15 is 0 Å². The topological polar surface area (TPSA) is 96.0 Å². The first-order valence-electron chi connectivity index (χ1n) is 10.6. The largest absolute Gasteiger partial charge is 0.491 e. The van der Waals surface area contributed by atoms with E-state index in [4.69, 9.17) is 10.5 Å². The molecule has 1 amide bonds. The molecule has 1 aliphatic rings. The molecule has 3 aromatic carbocycles. The molecule has 1 unspecified atom stereocenters. The Hall–Kier alpha value is -2.93. The van der Waals surface area contributed by atoms with Crippen molar-refractivity contribution in [3.63, 3.8) is 0 Å². The van der Waals surface area contributed by atoms with Crippen LogP contribution in [0.25, 0.3) is 21.9 Å². The van der Waals surface area contributed by atoms with Crippen LogP contribution in [0.1, 0.15) is 23.2 Å². The van der Waals surface area contributed by atoms with Gasteiger partial charge in [-0.2, -0.15) is 0 Å². The van der Waals surface area contributed by atoms with Crippen LogP contribution in [0, 0.1) is 0 Å². The van der Waals surface area contributed by atoms with Gasteiger partial charge >= 0.3 is 0 Å². The number of amides is 1. The molecule has 6 heteroatoms. The molecule has 1 saturated heterocycles. The summed E-state index contributed by atoms with van der Waals surface area (Å²) >= 11 is 0. The van der Waals surface area contributed by atoms with E-state index in [0.717, 1.165) is 47.8 Å². The van der Waals surface area contributed by atoms with Crippen LogP contribution in [0.15, 0.2) is 60.7 Å². The Morgan fingerprint density at radius 1 is 1.10 bits per heavy atom. The van der Waals surface area contributed by atoms with Crippen LogP contribution < -0.4 is 10.5 Å². The number of likely N-dealkylation sites (tertiary alicyclic amines) is 1. The van der Waals surface area contributed by atoms with Gasteiger partial charge in [0.1, 0.15) is 18.5 Å². The van der Waals surface area contributed by atoms with Crippen LogP contribution in [0.4, 0.5) is 0 Å². The molecular formula is C25H28N2O4. The summed E-state index contributed by atoms with van der Waals surface area (Å²) in [6.07, 6.45) is 0.634. The molecule has 1 atom stereocenters. The van der Waals surface area contributed by atoms with E-state index in [2.05, 4.69) is 4.90 Å². The van der Waals surface area contributed by atoms with Gasteiger partial charge in [0, 0.05) is 25.2 Å². The summed E-state index contributed by atoms with van der Waals surface area (Å²) in [4.78, 5) is 13.8. The van der Waals surface area contributed by atoms with E-state index in [1.165, 1.54) is 0 Å². The number of benzene rings is 3. The molecule has 3 aromatic rings. The van der Waals surface area contributed by atoms with Crippen LogP contribution in [0.5, 0.6) is 5.75 Å². The average Bonchev–Trinajstić information content (AvgIpc) is 2.78. The van der Waals surface area contributed by atoms with Gasteiger partial charge in [-0.05, 0) is 59.0 Å². The molecule has 0 radical (unpaired) electrons. The van der Waals surface area contributed by atoms with Gasteiger partial charge in [0.05, 0.1) is 6.10 Å². The average molecular weight is 421 g/mol. The van der Waals surface area contributed by atoms with E-state index in [1.807, 2.05) is 48.5 Å². The number of aliphatic hydroxyl groups excluding tert-OH is 2. The van der Waals surface area contributed by atoms with Gasteiger partial charge in [0.2, 0.25) is 5.91 Å². The van der Waals surface area contributed by atoms with Crippen LogP contribution in [0.3, 0.4) is 0 Å². The molecule has 1 fully saturated rings. The summed E-state index contributed by atoms with van der Waals surface area (Å²) < 4.78 is 5.96. The second-order valence-electron chi connectivity index (χ2n) is 8.13. The molecule has 6 nitrogen and oxygen atoms in total. The second kappa shape index (κ2) is 9.47. The van der Waals surface area contributed by atoms with Crippen molar-refractivity contribution in [2.75, 3.05) is 26.2 Å². The van der Waals surface area contributed by atoms with Gasteiger partial charge in [0.25, 0.3) is 0 Å². The van der Waals surface area contributed by atoms with Crippen molar-refractivity contribution in [2.24, 2.45) is 5.73 Å². The fourth-order valence-corrected chi connectivity index (χ4v) is 4.09. The number of primary amides is 1. The van der Waals surface area contributed by atoms with Crippen molar-refractivity contribution < 1.29 is 19.7 Å². The molecule has 4 rings (SSSR count). The number of carbonyl (C=O) groups is 1. The fraction of sp³-hybridized carbons (Fsp3) is 0.320. The van der Waals surface area contributed by atoms with Gasteiger partial charge in [-0.3, -0.25) is 4.79 Å². The maximum absolute atomic E-state index is 11.6. The maximum atomic E-state index is 11.6. The zero-order valence-corrected chi connectivity index (χ0v) is 17.4. The molecule has 31 heavy (non-hydrogen) atoms. The monoisotopic (exact) mass is 420 g/mol. The predicted molar refractivity (Wildman–Crippen MR) is 121 cm³/mol. The number of piperidine rings is 1. The lowest BCUT2D eigenvalue weighted by atomic mass is 9.96. The highest BCUT2D eigenvalue weighted by Gasteiger charge is 2.19. The Morgan fingerprint density at radius 2 is 1.87 bits per heavy atom. The lowest BCUT2D eigenvalue weighted by Gasteiger charge is -2.30. The minimum atomic E-state index is -0.622. The molecule has 0 aromatic heterocycles. The van der Waals surface area contributed by atoms with Crippen molar-refractivity contribution in [1.82, 2.24) is 4.90 Å². The zero-order chi connectivity index (χ0) is 21.8. The Kier molecular flexibility index (Phi) is 6.51.